The van der Waals surface area contributed by atoms with E-state index in [1.54, 1.807) is 0 Å². The summed E-state index contributed by atoms with van der Waals surface area (Å²) in [6.07, 6.45) is 11.0. The van der Waals surface area contributed by atoms with Crippen LogP contribution in [-0.2, 0) is 6.54 Å². The molecule has 26 heavy (non-hydrogen) atoms. The smallest absolute Gasteiger partial charge is 0.0429 e. The highest BCUT2D eigenvalue weighted by Gasteiger charge is 2.07. The molecule has 0 aromatic heterocycles. The zero-order valence-corrected chi connectivity index (χ0v) is 17.1. The van der Waals surface area contributed by atoms with Gasteiger partial charge >= 0.3 is 0 Å². The Hall–Kier alpha value is -1.76. The molecule has 1 heteroatoms. The first-order valence-electron chi connectivity index (χ1n) is 10.6. The first-order valence-corrected chi connectivity index (χ1v) is 10.6. The zero-order valence-electron chi connectivity index (χ0n) is 17.1. The minimum atomic E-state index is 1.000. The minimum absolute atomic E-state index is 1.000. The van der Waals surface area contributed by atoms with Gasteiger partial charge in [-0.25, -0.2) is 0 Å². The standard InChI is InChI=1S/C25H37N/c1-4-5-6-7-8-9-10-11-20-26(25-18-14-23(3)15-19-25)21-24-16-12-22(2)13-17-24/h12-19H,4-11,20-21H2,1-3H3. The second kappa shape index (κ2) is 11.8. The maximum absolute atomic E-state index is 2.54. The largest absolute Gasteiger partial charge is 0.367 e. The molecule has 0 heterocycles. The van der Waals surface area contributed by atoms with Gasteiger partial charge in [-0.1, -0.05) is 99.4 Å². The van der Waals surface area contributed by atoms with Crippen molar-refractivity contribution in [3.63, 3.8) is 0 Å². The molecule has 0 fully saturated rings. The van der Waals surface area contributed by atoms with Gasteiger partial charge in [-0.05, 0) is 38.0 Å². The van der Waals surface area contributed by atoms with E-state index in [0.29, 0.717) is 0 Å². The van der Waals surface area contributed by atoms with Crippen LogP contribution in [0.5, 0.6) is 0 Å². The molecule has 0 radical (unpaired) electrons. The lowest BCUT2D eigenvalue weighted by Gasteiger charge is -2.25. The van der Waals surface area contributed by atoms with E-state index in [1.165, 1.54) is 73.7 Å². The summed E-state index contributed by atoms with van der Waals surface area (Å²) in [5.74, 6) is 0. The third-order valence-electron chi connectivity index (χ3n) is 5.17. The summed E-state index contributed by atoms with van der Waals surface area (Å²) in [6.45, 7) is 8.74. The van der Waals surface area contributed by atoms with Crippen molar-refractivity contribution in [1.29, 1.82) is 0 Å². The molecule has 2 aromatic rings. The van der Waals surface area contributed by atoms with Crippen LogP contribution in [0.2, 0.25) is 0 Å². The van der Waals surface area contributed by atoms with Crippen molar-refractivity contribution < 1.29 is 0 Å². The fourth-order valence-electron chi connectivity index (χ4n) is 3.41. The summed E-state index contributed by atoms with van der Waals surface area (Å²) in [5, 5.41) is 0. The first-order chi connectivity index (χ1) is 12.7. The highest BCUT2D eigenvalue weighted by Crippen LogP contribution is 2.20. The van der Waals surface area contributed by atoms with Crippen molar-refractivity contribution in [3.8, 4) is 0 Å². The van der Waals surface area contributed by atoms with Crippen LogP contribution >= 0.6 is 0 Å². The summed E-state index contributed by atoms with van der Waals surface area (Å²) >= 11 is 0. The van der Waals surface area contributed by atoms with Gasteiger partial charge in [0.25, 0.3) is 0 Å². The fraction of sp³-hybridized carbons (Fsp3) is 0.520. The minimum Gasteiger partial charge on any atom is -0.367 e. The van der Waals surface area contributed by atoms with Gasteiger partial charge in [-0.3, -0.25) is 0 Å². The summed E-state index contributed by atoms with van der Waals surface area (Å²) in [7, 11) is 0. The lowest BCUT2D eigenvalue weighted by molar-refractivity contribution is 0.571. The van der Waals surface area contributed by atoms with E-state index >= 15 is 0 Å². The van der Waals surface area contributed by atoms with Gasteiger partial charge in [0.2, 0.25) is 0 Å². The molecule has 142 valence electrons. The molecule has 0 N–H and O–H groups in total. The van der Waals surface area contributed by atoms with E-state index in [4.69, 9.17) is 0 Å². The molecule has 0 saturated carbocycles. The Morgan fingerprint density at radius 3 is 1.69 bits per heavy atom. The molecule has 0 spiro atoms. The highest BCUT2D eigenvalue weighted by atomic mass is 15.1. The Bertz CT molecular complexity index is 597. The van der Waals surface area contributed by atoms with Crippen molar-refractivity contribution >= 4 is 5.69 Å². The highest BCUT2D eigenvalue weighted by molar-refractivity contribution is 5.48. The maximum Gasteiger partial charge on any atom is 0.0429 e. The molecule has 0 aliphatic heterocycles. The SMILES string of the molecule is CCCCCCCCCCN(Cc1ccc(C)cc1)c1ccc(C)cc1. The van der Waals surface area contributed by atoms with Crippen molar-refractivity contribution in [3.05, 3.63) is 65.2 Å². The average molecular weight is 352 g/mol. The Morgan fingerprint density at radius 2 is 1.12 bits per heavy atom. The van der Waals surface area contributed by atoms with Gasteiger partial charge in [0.15, 0.2) is 0 Å². The molecular formula is C25H37N. The number of rotatable bonds is 12. The lowest BCUT2D eigenvalue weighted by Crippen LogP contribution is -2.23. The van der Waals surface area contributed by atoms with Crippen LogP contribution in [0, 0.1) is 13.8 Å². The number of hydrogen-bond acceptors (Lipinski definition) is 1. The summed E-state index contributed by atoms with van der Waals surface area (Å²) < 4.78 is 0. The summed E-state index contributed by atoms with van der Waals surface area (Å²) in [4.78, 5) is 2.54. The van der Waals surface area contributed by atoms with E-state index in [-0.39, 0.29) is 0 Å². The molecule has 2 aromatic carbocycles. The van der Waals surface area contributed by atoms with E-state index in [9.17, 15) is 0 Å². The van der Waals surface area contributed by atoms with E-state index in [1.807, 2.05) is 0 Å². The predicted octanol–water partition coefficient (Wildman–Crippen LogP) is 7.45. The van der Waals surface area contributed by atoms with Crippen molar-refractivity contribution in [2.45, 2.75) is 78.7 Å². The molecule has 0 unspecified atom stereocenters. The first kappa shape index (κ1) is 20.6. The number of benzene rings is 2. The molecule has 0 amide bonds. The van der Waals surface area contributed by atoms with Crippen LogP contribution in [0.1, 0.15) is 75.0 Å². The number of unbranched alkanes of at least 4 members (excludes halogenated alkanes) is 7. The second-order valence-electron chi connectivity index (χ2n) is 7.72. The van der Waals surface area contributed by atoms with E-state index < -0.39 is 0 Å². The van der Waals surface area contributed by atoms with Crippen LogP contribution < -0.4 is 4.90 Å². The van der Waals surface area contributed by atoms with Gasteiger partial charge in [-0.2, -0.15) is 0 Å². The molecule has 0 aliphatic carbocycles. The summed E-state index contributed by atoms with van der Waals surface area (Å²) in [6, 6.07) is 18.0. The molecular weight excluding hydrogens is 314 g/mol. The van der Waals surface area contributed by atoms with Crippen molar-refractivity contribution in [2.24, 2.45) is 0 Å². The third-order valence-corrected chi connectivity index (χ3v) is 5.17. The topological polar surface area (TPSA) is 3.24 Å². The molecule has 2 rings (SSSR count). The van der Waals surface area contributed by atoms with Crippen molar-refractivity contribution in [1.82, 2.24) is 0 Å². The van der Waals surface area contributed by atoms with Crippen LogP contribution in [-0.4, -0.2) is 6.54 Å². The second-order valence-corrected chi connectivity index (χ2v) is 7.72. The molecule has 0 atom stereocenters. The Kier molecular flexibility index (Phi) is 9.31. The Balaban J connectivity index is 1.85. The Morgan fingerprint density at radius 1 is 0.615 bits per heavy atom. The average Bonchev–Trinajstić information content (AvgIpc) is 2.65. The van der Waals surface area contributed by atoms with Crippen LogP contribution in [0.3, 0.4) is 0 Å². The number of nitrogens with zero attached hydrogens (tertiary/aromatic N) is 1. The van der Waals surface area contributed by atoms with E-state index in [0.717, 1.165) is 13.1 Å². The maximum atomic E-state index is 2.54. The quantitative estimate of drug-likeness (QED) is 0.359. The number of anilines is 1. The third kappa shape index (κ3) is 7.64. The molecule has 0 saturated heterocycles. The fourth-order valence-corrected chi connectivity index (χ4v) is 3.41. The van der Waals surface area contributed by atoms with Gasteiger partial charge < -0.3 is 4.90 Å². The van der Waals surface area contributed by atoms with Gasteiger partial charge in [0.05, 0.1) is 0 Å². The Labute approximate surface area is 161 Å². The van der Waals surface area contributed by atoms with E-state index in [2.05, 4.69) is 74.2 Å². The van der Waals surface area contributed by atoms with Gasteiger partial charge in [-0.15, -0.1) is 0 Å². The van der Waals surface area contributed by atoms with Gasteiger partial charge in [0, 0.05) is 18.8 Å². The van der Waals surface area contributed by atoms with Crippen LogP contribution in [0.4, 0.5) is 5.69 Å². The van der Waals surface area contributed by atoms with Crippen LogP contribution in [0.25, 0.3) is 0 Å². The molecule has 0 aliphatic rings. The van der Waals surface area contributed by atoms with Gasteiger partial charge in [0.1, 0.15) is 0 Å². The van der Waals surface area contributed by atoms with Crippen LogP contribution in [0.15, 0.2) is 48.5 Å². The molecule has 0 bridgehead atoms. The zero-order chi connectivity index (χ0) is 18.6. The van der Waals surface area contributed by atoms with Crippen molar-refractivity contribution in [2.75, 3.05) is 11.4 Å². The molecule has 1 nitrogen and oxygen atoms in total. The number of aryl methyl sites for hydroxylation is 2. The summed E-state index contributed by atoms with van der Waals surface area (Å²) in [5.41, 5.74) is 5.41. The normalized spacial score (nSPS) is 10.9. The lowest BCUT2D eigenvalue weighted by atomic mass is 10.1. The predicted molar refractivity (Wildman–Crippen MR) is 116 cm³/mol. The monoisotopic (exact) mass is 351 g/mol. The number of hydrogen-bond donors (Lipinski definition) is 0.